The first-order valence-electron chi connectivity index (χ1n) is 7.86. The number of hydrogen-bond donors (Lipinski definition) is 1. The Labute approximate surface area is 136 Å². The lowest BCUT2D eigenvalue weighted by Crippen LogP contribution is -2.26. The molecule has 1 aliphatic heterocycles. The second kappa shape index (κ2) is 6.87. The summed E-state index contributed by atoms with van der Waals surface area (Å²) in [5, 5.41) is 3.49. The van der Waals surface area contributed by atoms with E-state index < -0.39 is 0 Å². The van der Waals surface area contributed by atoms with Gasteiger partial charge in [-0.1, -0.05) is 0 Å². The van der Waals surface area contributed by atoms with Gasteiger partial charge in [0.25, 0.3) is 0 Å². The molecule has 1 fully saturated rings. The van der Waals surface area contributed by atoms with E-state index in [1.54, 1.807) is 6.33 Å². The number of anilines is 2. The number of likely N-dealkylation sites (tertiary alicyclic amines) is 1. The Morgan fingerprint density at radius 3 is 2.70 bits per heavy atom. The molecule has 0 aliphatic carbocycles. The molecule has 0 radical (unpaired) electrons. The van der Waals surface area contributed by atoms with Gasteiger partial charge in [0.1, 0.15) is 12.1 Å². The van der Waals surface area contributed by atoms with Crippen LogP contribution in [0.5, 0.6) is 0 Å². The molecule has 3 rings (SSSR count). The van der Waals surface area contributed by atoms with E-state index in [1.165, 1.54) is 0 Å². The highest BCUT2D eigenvalue weighted by Crippen LogP contribution is 2.17. The number of nitrogens with zero attached hydrogens (tertiary/aromatic N) is 6. The summed E-state index contributed by atoms with van der Waals surface area (Å²) in [5.41, 5.74) is 2.13. The van der Waals surface area contributed by atoms with E-state index in [1.807, 2.05) is 44.4 Å². The largest absolute Gasteiger partial charge is 0.366 e. The van der Waals surface area contributed by atoms with Crippen molar-refractivity contribution in [1.29, 1.82) is 0 Å². The summed E-state index contributed by atoms with van der Waals surface area (Å²) in [5.74, 6) is 1.65. The van der Waals surface area contributed by atoms with Gasteiger partial charge in [0, 0.05) is 69.5 Å². The van der Waals surface area contributed by atoms with Gasteiger partial charge in [0.2, 0.25) is 5.95 Å². The quantitative estimate of drug-likeness (QED) is 0.893. The maximum atomic E-state index is 4.37. The average molecular weight is 313 g/mol. The van der Waals surface area contributed by atoms with Crippen LogP contribution in [0.4, 0.5) is 11.8 Å². The first-order valence-corrected chi connectivity index (χ1v) is 7.86. The van der Waals surface area contributed by atoms with E-state index in [4.69, 9.17) is 0 Å². The van der Waals surface area contributed by atoms with Crippen LogP contribution in [0.3, 0.4) is 0 Å². The first kappa shape index (κ1) is 15.6. The molecule has 1 saturated heterocycles. The molecule has 0 amide bonds. The van der Waals surface area contributed by atoms with Crippen LogP contribution in [-0.2, 0) is 6.54 Å². The fourth-order valence-corrected chi connectivity index (χ4v) is 2.76. The maximum Gasteiger partial charge on any atom is 0.224 e. The molecule has 0 aromatic carbocycles. The molecule has 1 N–H and O–H groups in total. The number of aryl methyl sites for hydroxylation is 1. The van der Waals surface area contributed by atoms with Crippen LogP contribution >= 0.6 is 0 Å². The fraction of sp³-hybridized carbons (Fsp3) is 0.500. The van der Waals surface area contributed by atoms with Crippen LogP contribution < -0.4 is 10.2 Å². The Morgan fingerprint density at radius 2 is 2.00 bits per heavy atom. The molecule has 1 aliphatic rings. The Kier molecular flexibility index (Phi) is 4.66. The molecular formula is C16H23N7. The monoisotopic (exact) mass is 313 g/mol. The van der Waals surface area contributed by atoms with Crippen molar-refractivity contribution in [3.05, 3.63) is 36.0 Å². The summed E-state index contributed by atoms with van der Waals surface area (Å²) in [4.78, 5) is 21.5. The molecular weight excluding hydrogens is 290 g/mol. The highest BCUT2D eigenvalue weighted by atomic mass is 15.2. The van der Waals surface area contributed by atoms with Crippen molar-refractivity contribution in [2.45, 2.75) is 25.9 Å². The molecule has 7 heteroatoms. The van der Waals surface area contributed by atoms with E-state index in [0.717, 1.165) is 49.1 Å². The smallest absolute Gasteiger partial charge is 0.224 e. The molecule has 7 nitrogen and oxygen atoms in total. The number of nitrogens with one attached hydrogen (secondary N) is 1. The van der Waals surface area contributed by atoms with E-state index in [0.29, 0.717) is 6.04 Å². The van der Waals surface area contributed by atoms with Crippen LogP contribution in [0, 0.1) is 6.92 Å². The second-order valence-corrected chi connectivity index (χ2v) is 6.20. The highest BCUT2D eigenvalue weighted by molar-refractivity contribution is 5.36. The van der Waals surface area contributed by atoms with Gasteiger partial charge in [-0.25, -0.2) is 19.9 Å². The minimum absolute atomic E-state index is 0.422. The van der Waals surface area contributed by atoms with Crippen molar-refractivity contribution >= 4 is 11.8 Å². The molecule has 23 heavy (non-hydrogen) atoms. The molecule has 0 saturated carbocycles. The van der Waals surface area contributed by atoms with E-state index in [2.05, 4.69) is 30.2 Å². The standard InChI is InChI=1S/C16H23N7/c1-12-6-15(20-11-19-12)21-14-4-5-23(10-14)9-13-7-17-16(18-8-13)22(2)3/h6-8,11,14H,4-5,9-10H2,1-3H3,(H,19,20,21). The highest BCUT2D eigenvalue weighted by Gasteiger charge is 2.22. The van der Waals surface area contributed by atoms with Crippen molar-refractivity contribution in [1.82, 2.24) is 24.8 Å². The Hall–Kier alpha value is -2.28. The fourth-order valence-electron chi connectivity index (χ4n) is 2.76. The predicted octanol–water partition coefficient (Wildman–Crippen LogP) is 1.33. The van der Waals surface area contributed by atoms with E-state index in [-0.39, 0.29) is 0 Å². The topological polar surface area (TPSA) is 70.1 Å². The molecule has 0 spiro atoms. The number of hydrogen-bond acceptors (Lipinski definition) is 7. The summed E-state index contributed by atoms with van der Waals surface area (Å²) in [6.45, 7) is 4.93. The minimum Gasteiger partial charge on any atom is -0.366 e. The van der Waals surface area contributed by atoms with Gasteiger partial charge >= 0.3 is 0 Å². The summed E-state index contributed by atoms with van der Waals surface area (Å²) in [6.07, 6.45) is 6.54. The third-order valence-corrected chi connectivity index (χ3v) is 3.93. The van der Waals surface area contributed by atoms with Crippen LogP contribution in [0.15, 0.2) is 24.8 Å². The third-order valence-electron chi connectivity index (χ3n) is 3.93. The van der Waals surface area contributed by atoms with Gasteiger partial charge in [-0.05, 0) is 13.3 Å². The zero-order chi connectivity index (χ0) is 16.2. The molecule has 2 aromatic heterocycles. The van der Waals surface area contributed by atoms with Crippen molar-refractivity contribution < 1.29 is 0 Å². The lowest BCUT2D eigenvalue weighted by molar-refractivity contribution is 0.328. The van der Waals surface area contributed by atoms with Gasteiger partial charge in [-0.3, -0.25) is 4.90 Å². The SMILES string of the molecule is Cc1cc(NC2CCN(Cc3cnc(N(C)C)nc3)C2)ncn1. The molecule has 2 aromatic rings. The molecule has 1 atom stereocenters. The van der Waals surface area contributed by atoms with Gasteiger partial charge in [0.05, 0.1) is 0 Å². The normalized spacial score (nSPS) is 18.1. The first-order chi connectivity index (χ1) is 11.1. The zero-order valence-electron chi connectivity index (χ0n) is 13.9. The van der Waals surface area contributed by atoms with E-state index >= 15 is 0 Å². The van der Waals surface area contributed by atoms with Crippen molar-refractivity contribution in [3.63, 3.8) is 0 Å². The third kappa shape index (κ3) is 4.13. The summed E-state index contributed by atoms with van der Waals surface area (Å²) in [6, 6.07) is 2.41. The zero-order valence-corrected chi connectivity index (χ0v) is 13.9. The van der Waals surface area contributed by atoms with Crippen LogP contribution in [0.25, 0.3) is 0 Å². The van der Waals surface area contributed by atoms with E-state index in [9.17, 15) is 0 Å². The van der Waals surface area contributed by atoms with Crippen molar-refractivity contribution in [3.8, 4) is 0 Å². The van der Waals surface area contributed by atoms with Gasteiger partial charge in [-0.15, -0.1) is 0 Å². The second-order valence-electron chi connectivity index (χ2n) is 6.20. The van der Waals surface area contributed by atoms with Crippen molar-refractivity contribution in [2.75, 3.05) is 37.4 Å². The molecule has 1 unspecified atom stereocenters. The van der Waals surface area contributed by atoms with Crippen molar-refractivity contribution in [2.24, 2.45) is 0 Å². The lowest BCUT2D eigenvalue weighted by Gasteiger charge is -2.17. The Morgan fingerprint density at radius 1 is 1.22 bits per heavy atom. The van der Waals surface area contributed by atoms with Gasteiger partial charge < -0.3 is 10.2 Å². The molecule has 0 bridgehead atoms. The summed E-state index contributed by atoms with van der Waals surface area (Å²) in [7, 11) is 3.89. The lowest BCUT2D eigenvalue weighted by atomic mass is 10.2. The van der Waals surface area contributed by atoms with Gasteiger partial charge in [-0.2, -0.15) is 0 Å². The Balaban J connectivity index is 1.53. The van der Waals surface area contributed by atoms with Crippen LogP contribution in [0.2, 0.25) is 0 Å². The number of aromatic nitrogens is 4. The van der Waals surface area contributed by atoms with Crippen LogP contribution in [-0.4, -0.2) is 58.1 Å². The summed E-state index contributed by atoms with van der Waals surface area (Å²) < 4.78 is 0. The predicted molar refractivity (Wildman–Crippen MR) is 90.4 cm³/mol. The molecule has 3 heterocycles. The Bertz CT molecular complexity index is 641. The van der Waals surface area contributed by atoms with Gasteiger partial charge in [0.15, 0.2) is 0 Å². The number of rotatable bonds is 5. The maximum absolute atomic E-state index is 4.37. The summed E-state index contributed by atoms with van der Waals surface area (Å²) >= 11 is 0. The average Bonchev–Trinajstić information content (AvgIpc) is 2.95. The molecule has 122 valence electrons. The van der Waals surface area contributed by atoms with Crippen LogP contribution in [0.1, 0.15) is 17.7 Å². The minimum atomic E-state index is 0.422.